The fraction of sp³-hybridized carbons (Fsp3) is 0.929. The number of carbonyl (C=O) groups is 1. The standard InChI is InChI=1S/C14H27N3O2/c1-19-12-14(18)17(13-5-4-6-15-11-13)10-9-16-7-2-3-8-16/h13,15H,2-12H2,1H3. The summed E-state index contributed by atoms with van der Waals surface area (Å²) in [5.74, 6) is 0.135. The summed E-state index contributed by atoms with van der Waals surface area (Å²) in [6, 6.07) is 0.346. The van der Waals surface area contributed by atoms with Crippen LogP contribution in [0.5, 0.6) is 0 Å². The van der Waals surface area contributed by atoms with Crippen molar-refractivity contribution >= 4 is 5.91 Å². The first-order chi connectivity index (χ1) is 9.31. The summed E-state index contributed by atoms with van der Waals surface area (Å²) >= 11 is 0. The molecule has 1 N–H and O–H groups in total. The van der Waals surface area contributed by atoms with Crippen LogP contribution in [-0.2, 0) is 9.53 Å². The minimum absolute atomic E-state index is 0.135. The molecule has 0 spiro atoms. The van der Waals surface area contributed by atoms with Crippen LogP contribution in [0.1, 0.15) is 25.7 Å². The maximum Gasteiger partial charge on any atom is 0.248 e. The van der Waals surface area contributed by atoms with Crippen molar-refractivity contribution in [2.75, 3.05) is 53.0 Å². The van der Waals surface area contributed by atoms with Crippen LogP contribution in [0.25, 0.3) is 0 Å². The van der Waals surface area contributed by atoms with Gasteiger partial charge in [0.2, 0.25) is 5.91 Å². The largest absolute Gasteiger partial charge is 0.375 e. The van der Waals surface area contributed by atoms with Gasteiger partial charge in [0.25, 0.3) is 0 Å². The number of nitrogens with one attached hydrogen (secondary N) is 1. The van der Waals surface area contributed by atoms with E-state index < -0.39 is 0 Å². The molecule has 2 aliphatic rings. The minimum Gasteiger partial charge on any atom is -0.375 e. The molecule has 0 saturated carbocycles. The van der Waals surface area contributed by atoms with Crippen LogP contribution in [0.4, 0.5) is 0 Å². The molecule has 1 atom stereocenters. The van der Waals surface area contributed by atoms with E-state index in [4.69, 9.17) is 4.74 Å². The number of hydrogen-bond donors (Lipinski definition) is 1. The van der Waals surface area contributed by atoms with Crippen LogP contribution in [0.2, 0.25) is 0 Å². The van der Waals surface area contributed by atoms with Gasteiger partial charge in [-0.15, -0.1) is 0 Å². The van der Waals surface area contributed by atoms with Gasteiger partial charge in [0.05, 0.1) is 0 Å². The first-order valence-electron chi connectivity index (χ1n) is 7.52. The van der Waals surface area contributed by atoms with Gasteiger partial charge in [-0.1, -0.05) is 0 Å². The van der Waals surface area contributed by atoms with Gasteiger partial charge in [-0.25, -0.2) is 0 Å². The Kier molecular flexibility index (Phi) is 6.07. The SMILES string of the molecule is COCC(=O)N(CCN1CCCC1)C1CCCNC1. The summed E-state index contributed by atoms with van der Waals surface area (Å²) in [6.07, 6.45) is 4.88. The molecule has 0 aliphatic carbocycles. The lowest BCUT2D eigenvalue weighted by Gasteiger charge is -2.35. The number of rotatable bonds is 6. The van der Waals surface area contributed by atoms with Gasteiger partial charge in [0.1, 0.15) is 6.61 Å². The van der Waals surface area contributed by atoms with E-state index in [1.165, 1.54) is 25.9 Å². The van der Waals surface area contributed by atoms with Gasteiger partial charge in [-0.3, -0.25) is 4.79 Å². The van der Waals surface area contributed by atoms with Gasteiger partial charge in [-0.2, -0.15) is 0 Å². The van der Waals surface area contributed by atoms with Crippen molar-refractivity contribution in [3.63, 3.8) is 0 Å². The lowest BCUT2D eigenvalue weighted by Crippen LogP contribution is -2.51. The molecular weight excluding hydrogens is 242 g/mol. The van der Waals surface area contributed by atoms with Gasteiger partial charge >= 0.3 is 0 Å². The average molecular weight is 269 g/mol. The molecule has 2 rings (SSSR count). The van der Waals surface area contributed by atoms with Crippen LogP contribution in [0, 0.1) is 0 Å². The molecular formula is C14H27N3O2. The number of carbonyl (C=O) groups excluding carboxylic acids is 1. The van der Waals surface area contributed by atoms with Crippen molar-refractivity contribution in [3.05, 3.63) is 0 Å². The minimum atomic E-state index is 0.135. The first-order valence-corrected chi connectivity index (χ1v) is 7.52. The molecule has 0 aromatic heterocycles. The summed E-state index contributed by atoms with van der Waals surface area (Å²) in [6.45, 7) is 6.44. The Bertz CT molecular complexity index is 274. The topological polar surface area (TPSA) is 44.8 Å². The molecule has 19 heavy (non-hydrogen) atoms. The number of piperidine rings is 1. The Labute approximate surface area is 116 Å². The third kappa shape index (κ3) is 4.44. The number of methoxy groups -OCH3 is 1. The van der Waals surface area contributed by atoms with Crippen LogP contribution >= 0.6 is 0 Å². The fourth-order valence-corrected chi connectivity index (χ4v) is 3.07. The van der Waals surface area contributed by atoms with E-state index in [1.54, 1.807) is 7.11 Å². The maximum atomic E-state index is 12.2. The number of likely N-dealkylation sites (tertiary alicyclic amines) is 1. The van der Waals surface area contributed by atoms with Crippen LogP contribution in [0.3, 0.4) is 0 Å². The summed E-state index contributed by atoms with van der Waals surface area (Å²) in [5, 5.41) is 3.39. The molecule has 2 fully saturated rings. The van der Waals surface area contributed by atoms with Crippen LogP contribution in [-0.4, -0.2) is 74.7 Å². The smallest absolute Gasteiger partial charge is 0.248 e. The highest BCUT2D eigenvalue weighted by Crippen LogP contribution is 2.13. The molecule has 2 saturated heterocycles. The van der Waals surface area contributed by atoms with E-state index in [9.17, 15) is 4.79 Å². The maximum absolute atomic E-state index is 12.2. The van der Waals surface area contributed by atoms with Gasteiger partial charge < -0.3 is 19.9 Å². The molecule has 0 aromatic carbocycles. The van der Waals surface area contributed by atoms with Crippen molar-refractivity contribution in [1.82, 2.24) is 15.1 Å². The number of ether oxygens (including phenoxy) is 1. The Morgan fingerprint density at radius 1 is 1.37 bits per heavy atom. The van der Waals surface area contributed by atoms with E-state index >= 15 is 0 Å². The lowest BCUT2D eigenvalue weighted by molar-refractivity contribution is -0.138. The fourth-order valence-electron chi connectivity index (χ4n) is 3.07. The van der Waals surface area contributed by atoms with E-state index in [1.807, 2.05) is 4.90 Å². The highest BCUT2D eigenvalue weighted by Gasteiger charge is 2.25. The summed E-state index contributed by atoms with van der Waals surface area (Å²) in [5.41, 5.74) is 0. The second-order valence-corrected chi connectivity index (χ2v) is 5.57. The average Bonchev–Trinajstić information content (AvgIpc) is 2.94. The van der Waals surface area contributed by atoms with Gasteiger partial charge in [0, 0.05) is 32.8 Å². The Morgan fingerprint density at radius 2 is 2.16 bits per heavy atom. The third-order valence-electron chi connectivity index (χ3n) is 4.16. The number of amides is 1. The van der Waals surface area contributed by atoms with Crippen molar-refractivity contribution in [2.45, 2.75) is 31.7 Å². The number of nitrogens with zero attached hydrogens (tertiary/aromatic N) is 2. The van der Waals surface area contributed by atoms with Crippen LogP contribution in [0.15, 0.2) is 0 Å². The van der Waals surface area contributed by atoms with Crippen molar-refractivity contribution < 1.29 is 9.53 Å². The normalized spacial score (nSPS) is 24.6. The summed E-state index contributed by atoms with van der Waals surface area (Å²) < 4.78 is 5.02. The lowest BCUT2D eigenvalue weighted by atomic mass is 10.1. The van der Waals surface area contributed by atoms with Crippen LogP contribution < -0.4 is 5.32 Å². The quantitative estimate of drug-likeness (QED) is 0.754. The highest BCUT2D eigenvalue weighted by atomic mass is 16.5. The molecule has 0 radical (unpaired) electrons. The molecule has 5 nitrogen and oxygen atoms in total. The van der Waals surface area contributed by atoms with Crippen molar-refractivity contribution in [1.29, 1.82) is 0 Å². The van der Waals surface area contributed by atoms with E-state index in [2.05, 4.69) is 10.2 Å². The Morgan fingerprint density at radius 3 is 2.79 bits per heavy atom. The molecule has 1 amide bonds. The van der Waals surface area contributed by atoms with E-state index in [0.717, 1.165) is 39.0 Å². The van der Waals surface area contributed by atoms with E-state index in [0.29, 0.717) is 6.04 Å². The zero-order valence-electron chi connectivity index (χ0n) is 12.1. The summed E-state index contributed by atoms with van der Waals surface area (Å²) in [4.78, 5) is 16.7. The van der Waals surface area contributed by atoms with Gasteiger partial charge in [-0.05, 0) is 45.3 Å². The zero-order valence-corrected chi connectivity index (χ0v) is 12.1. The molecule has 110 valence electrons. The molecule has 0 bridgehead atoms. The van der Waals surface area contributed by atoms with Crippen molar-refractivity contribution in [3.8, 4) is 0 Å². The van der Waals surface area contributed by atoms with Gasteiger partial charge in [0.15, 0.2) is 0 Å². The number of hydrogen-bond acceptors (Lipinski definition) is 4. The van der Waals surface area contributed by atoms with Crippen molar-refractivity contribution in [2.24, 2.45) is 0 Å². The molecule has 2 heterocycles. The zero-order chi connectivity index (χ0) is 13.5. The molecule has 1 unspecified atom stereocenters. The Hall–Kier alpha value is -0.650. The second kappa shape index (κ2) is 7.82. The third-order valence-corrected chi connectivity index (χ3v) is 4.16. The monoisotopic (exact) mass is 269 g/mol. The summed E-state index contributed by atoms with van der Waals surface area (Å²) in [7, 11) is 1.59. The molecule has 2 aliphatic heterocycles. The predicted octanol–water partition coefficient (Wildman–Crippen LogP) is 0.309. The first kappa shape index (κ1) is 14.8. The highest BCUT2D eigenvalue weighted by molar-refractivity contribution is 5.77. The molecule has 0 aromatic rings. The van der Waals surface area contributed by atoms with E-state index in [-0.39, 0.29) is 12.5 Å². The molecule has 5 heteroatoms. The second-order valence-electron chi connectivity index (χ2n) is 5.57. The Balaban J connectivity index is 1.86. The predicted molar refractivity (Wildman–Crippen MR) is 75.2 cm³/mol.